The van der Waals surface area contributed by atoms with Gasteiger partial charge in [0.1, 0.15) is 17.0 Å². The highest BCUT2D eigenvalue weighted by molar-refractivity contribution is 6.24. The van der Waals surface area contributed by atoms with Crippen LogP contribution in [0.3, 0.4) is 0 Å². The second-order valence-electron chi connectivity index (χ2n) is 10.6. The van der Waals surface area contributed by atoms with Crippen LogP contribution in [-0.4, -0.2) is 14.5 Å². The van der Waals surface area contributed by atoms with Gasteiger partial charge in [-0.15, -0.1) is 0 Å². The van der Waals surface area contributed by atoms with Crippen molar-refractivity contribution in [1.82, 2.24) is 14.5 Å². The summed E-state index contributed by atoms with van der Waals surface area (Å²) in [4.78, 5) is 9.63. The largest absolute Gasteiger partial charge is 0.455 e. The van der Waals surface area contributed by atoms with Crippen molar-refractivity contribution in [2.45, 2.75) is 0 Å². The summed E-state index contributed by atoms with van der Waals surface area (Å²) in [6.07, 6.45) is 3.64. The quantitative estimate of drug-likeness (QED) is 0.211. The van der Waals surface area contributed by atoms with Gasteiger partial charge in [-0.05, 0) is 34.5 Å². The maximum Gasteiger partial charge on any atom is 0.145 e. The molecule has 0 spiro atoms. The Morgan fingerprint density at radius 2 is 1.21 bits per heavy atom. The van der Waals surface area contributed by atoms with Gasteiger partial charge < -0.3 is 4.42 Å². The molecule has 9 aromatic rings. The van der Waals surface area contributed by atoms with E-state index in [1.54, 1.807) is 6.20 Å². The molecule has 42 heavy (non-hydrogen) atoms. The van der Waals surface area contributed by atoms with Crippen LogP contribution in [0.2, 0.25) is 0 Å². The normalized spacial score (nSPS) is 11.8. The molecule has 3 aromatic heterocycles. The molecule has 6 aromatic carbocycles. The van der Waals surface area contributed by atoms with Gasteiger partial charge in [0, 0.05) is 50.8 Å². The van der Waals surface area contributed by atoms with E-state index in [2.05, 4.69) is 125 Å². The van der Waals surface area contributed by atoms with E-state index in [9.17, 15) is 0 Å². The molecule has 4 nitrogen and oxygen atoms in total. The second kappa shape index (κ2) is 8.88. The van der Waals surface area contributed by atoms with Gasteiger partial charge in [0.05, 0.1) is 11.0 Å². The molecule has 0 aliphatic heterocycles. The summed E-state index contributed by atoms with van der Waals surface area (Å²) in [5.74, 6) is 0.923. The molecule has 0 radical (unpaired) electrons. The van der Waals surface area contributed by atoms with E-state index < -0.39 is 0 Å². The number of nitrogens with zero attached hydrogens (tertiary/aromatic N) is 3. The Morgan fingerprint density at radius 3 is 2.02 bits per heavy atom. The van der Waals surface area contributed by atoms with Gasteiger partial charge in [-0.3, -0.25) is 9.55 Å². The molecular weight excluding hydrogens is 514 g/mol. The van der Waals surface area contributed by atoms with E-state index in [4.69, 9.17) is 9.40 Å². The van der Waals surface area contributed by atoms with Gasteiger partial charge in [0.2, 0.25) is 0 Å². The first-order chi connectivity index (χ1) is 20.8. The molecule has 0 amide bonds. The van der Waals surface area contributed by atoms with Crippen LogP contribution in [0, 0.1) is 0 Å². The van der Waals surface area contributed by atoms with Crippen LogP contribution < -0.4 is 0 Å². The zero-order chi connectivity index (χ0) is 27.6. The van der Waals surface area contributed by atoms with Crippen molar-refractivity contribution in [2.24, 2.45) is 0 Å². The number of para-hydroxylation sites is 1. The summed E-state index contributed by atoms with van der Waals surface area (Å²) in [6.45, 7) is 0. The minimum atomic E-state index is 0.848. The molecule has 0 saturated carbocycles. The van der Waals surface area contributed by atoms with Gasteiger partial charge in [0.25, 0.3) is 0 Å². The summed E-state index contributed by atoms with van der Waals surface area (Å²) in [7, 11) is 0. The fourth-order valence-electron chi connectivity index (χ4n) is 6.40. The first kappa shape index (κ1) is 23.0. The van der Waals surface area contributed by atoms with Crippen LogP contribution in [0.5, 0.6) is 0 Å². The van der Waals surface area contributed by atoms with E-state index >= 15 is 0 Å². The lowest BCUT2D eigenvalue weighted by atomic mass is 9.99. The Morgan fingerprint density at radius 1 is 0.524 bits per heavy atom. The average Bonchev–Trinajstić information content (AvgIpc) is 3.65. The molecule has 9 rings (SSSR count). The van der Waals surface area contributed by atoms with E-state index in [1.807, 2.05) is 18.3 Å². The van der Waals surface area contributed by atoms with Crippen molar-refractivity contribution in [2.75, 3.05) is 0 Å². The summed E-state index contributed by atoms with van der Waals surface area (Å²) in [5.41, 5.74) is 8.14. The molecule has 196 valence electrons. The third kappa shape index (κ3) is 3.29. The number of aromatic nitrogens is 3. The molecular formula is C38H23N3O. The maximum absolute atomic E-state index is 6.31. The Kier molecular flexibility index (Phi) is 4.87. The highest BCUT2D eigenvalue weighted by Crippen LogP contribution is 2.40. The molecule has 0 unspecified atom stereocenters. The smallest absolute Gasteiger partial charge is 0.145 e. The van der Waals surface area contributed by atoms with Crippen LogP contribution in [-0.2, 0) is 0 Å². The van der Waals surface area contributed by atoms with Crippen molar-refractivity contribution in [1.29, 1.82) is 0 Å². The minimum Gasteiger partial charge on any atom is -0.455 e. The van der Waals surface area contributed by atoms with Gasteiger partial charge in [0.15, 0.2) is 0 Å². The van der Waals surface area contributed by atoms with Crippen molar-refractivity contribution < 1.29 is 4.42 Å². The maximum atomic E-state index is 6.31. The number of furan rings is 1. The van der Waals surface area contributed by atoms with Crippen molar-refractivity contribution in [3.63, 3.8) is 0 Å². The lowest BCUT2D eigenvalue weighted by molar-refractivity contribution is 0.669. The number of benzene rings is 6. The summed E-state index contributed by atoms with van der Waals surface area (Å²) >= 11 is 0. The summed E-state index contributed by atoms with van der Waals surface area (Å²) in [6, 6.07) is 44.7. The fourth-order valence-corrected chi connectivity index (χ4v) is 6.40. The Balaban J connectivity index is 1.31. The molecule has 0 aliphatic carbocycles. The average molecular weight is 538 g/mol. The molecule has 0 N–H and O–H groups in total. The number of pyridine rings is 1. The van der Waals surface area contributed by atoms with Crippen molar-refractivity contribution in [3.05, 3.63) is 140 Å². The highest BCUT2D eigenvalue weighted by atomic mass is 16.3. The molecule has 0 atom stereocenters. The molecule has 3 heterocycles. The Bertz CT molecular complexity index is 2450. The van der Waals surface area contributed by atoms with Crippen molar-refractivity contribution >= 4 is 54.5 Å². The Hall–Kier alpha value is -5.74. The predicted molar refractivity (Wildman–Crippen MR) is 172 cm³/mol. The van der Waals surface area contributed by atoms with Crippen molar-refractivity contribution in [3.8, 4) is 28.2 Å². The predicted octanol–water partition coefficient (Wildman–Crippen LogP) is 9.96. The van der Waals surface area contributed by atoms with Crippen LogP contribution in [0.15, 0.2) is 144 Å². The van der Waals surface area contributed by atoms with Gasteiger partial charge >= 0.3 is 0 Å². The highest BCUT2D eigenvalue weighted by Gasteiger charge is 2.20. The number of rotatable bonds is 3. The lowest BCUT2D eigenvalue weighted by Crippen LogP contribution is -1.98. The zero-order valence-corrected chi connectivity index (χ0v) is 22.5. The molecule has 4 heteroatoms. The molecule has 0 fully saturated rings. The van der Waals surface area contributed by atoms with Crippen LogP contribution in [0.1, 0.15) is 0 Å². The molecule has 0 saturated heterocycles. The minimum absolute atomic E-state index is 0.848. The second-order valence-corrected chi connectivity index (χ2v) is 10.6. The number of imidazole rings is 1. The standard InChI is InChI=1S/C38H23N3O/c1-2-9-25(10-3-1)38-40-35-30-13-6-4-11-28(30)29-12-5-7-14-31(29)36(35)41(38)26-19-17-24(18-20-26)27-15-8-16-32-33-23-39-22-21-34(33)42-37(27)32/h1-23H. The molecule has 0 aliphatic rings. The van der Waals surface area contributed by atoms with Crippen LogP contribution in [0.4, 0.5) is 0 Å². The number of hydrogen-bond acceptors (Lipinski definition) is 3. The lowest BCUT2D eigenvalue weighted by Gasteiger charge is -2.13. The third-order valence-corrected chi connectivity index (χ3v) is 8.30. The van der Waals surface area contributed by atoms with E-state index in [0.29, 0.717) is 0 Å². The van der Waals surface area contributed by atoms with E-state index in [1.165, 1.54) is 16.2 Å². The Labute approximate surface area is 241 Å². The SMILES string of the molecule is c1ccc(-c2nc3c4ccccc4c4ccccc4c3n2-c2ccc(-c3cccc4c3oc3ccncc34)cc2)cc1. The third-order valence-electron chi connectivity index (χ3n) is 8.30. The van der Waals surface area contributed by atoms with E-state index in [0.717, 1.165) is 66.6 Å². The number of hydrogen-bond donors (Lipinski definition) is 0. The van der Waals surface area contributed by atoms with Gasteiger partial charge in [-0.2, -0.15) is 0 Å². The summed E-state index contributed by atoms with van der Waals surface area (Å²) in [5, 5.41) is 6.89. The van der Waals surface area contributed by atoms with Crippen LogP contribution >= 0.6 is 0 Å². The van der Waals surface area contributed by atoms with Gasteiger partial charge in [-0.1, -0.05) is 109 Å². The van der Waals surface area contributed by atoms with Gasteiger partial charge in [-0.25, -0.2) is 4.98 Å². The number of fused-ring (bicyclic) bond motifs is 9. The van der Waals surface area contributed by atoms with E-state index in [-0.39, 0.29) is 0 Å². The first-order valence-corrected chi connectivity index (χ1v) is 14.1. The van der Waals surface area contributed by atoms with Crippen LogP contribution in [0.25, 0.3) is 82.7 Å². The molecule has 0 bridgehead atoms. The topological polar surface area (TPSA) is 43.9 Å². The zero-order valence-electron chi connectivity index (χ0n) is 22.5. The first-order valence-electron chi connectivity index (χ1n) is 14.1. The monoisotopic (exact) mass is 537 g/mol. The summed E-state index contributed by atoms with van der Waals surface area (Å²) < 4.78 is 8.63. The fraction of sp³-hybridized carbons (Fsp3) is 0.